The van der Waals surface area contributed by atoms with Gasteiger partial charge >= 0.3 is 0 Å². The highest BCUT2D eigenvalue weighted by Crippen LogP contribution is 2.30. The minimum Gasteiger partial charge on any atom is -0.494 e. The Morgan fingerprint density at radius 1 is 0.792 bits per heavy atom. The Morgan fingerprint density at radius 3 is 2.23 bits per heavy atom. The van der Waals surface area contributed by atoms with E-state index in [9.17, 15) is 14.4 Å². The molecule has 0 aliphatic heterocycles. The second-order valence-electron chi connectivity index (χ2n) is 10.7. The van der Waals surface area contributed by atoms with Gasteiger partial charge < -0.3 is 30.2 Å². The monoisotopic (exact) mass is 667 g/mol. The van der Waals surface area contributed by atoms with Crippen molar-refractivity contribution in [3.63, 3.8) is 0 Å². The lowest BCUT2D eigenvalue weighted by Gasteiger charge is -2.16. The lowest BCUT2D eigenvalue weighted by molar-refractivity contribution is -0.116. The highest BCUT2D eigenvalue weighted by Gasteiger charge is 2.20. The van der Waals surface area contributed by atoms with Crippen molar-refractivity contribution in [1.29, 1.82) is 0 Å². The number of anilines is 2. The number of rotatable bonds is 16. The Balaban J connectivity index is 1.48. The van der Waals surface area contributed by atoms with Crippen molar-refractivity contribution in [3.05, 3.63) is 114 Å². The van der Waals surface area contributed by atoms with Gasteiger partial charge in [0.15, 0.2) is 11.5 Å². The molecule has 9 nitrogen and oxygen atoms in total. The summed E-state index contributed by atoms with van der Waals surface area (Å²) in [6.07, 6.45) is 4.21. The van der Waals surface area contributed by atoms with Crippen LogP contribution in [-0.2, 0) is 9.59 Å². The van der Waals surface area contributed by atoms with Gasteiger partial charge in [0, 0.05) is 21.8 Å². The van der Waals surface area contributed by atoms with E-state index >= 15 is 0 Å². The summed E-state index contributed by atoms with van der Waals surface area (Å²) in [6, 6.07) is 28.4. The maximum Gasteiger partial charge on any atom is 0.272 e. The van der Waals surface area contributed by atoms with Crippen molar-refractivity contribution in [1.82, 2.24) is 5.32 Å². The van der Waals surface area contributed by atoms with Crippen LogP contribution >= 0.6 is 11.8 Å². The zero-order valence-corrected chi connectivity index (χ0v) is 28.4. The molecule has 4 aromatic rings. The molecule has 0 bridgehead atoms. The minimum atomic E-state index is -0.525. The Kier molecular flexibility index (Phi) is 13.5. The molecule has 0 saturated heterocycles. The first kappa shape index (κ1) is 35.6. The van der Waals surface area contributed by atoms with E-state index in [0.717, 1.165) is 23.5 Å². The van der Waals surface area contributed by atoms with E-state index in [2.05, 4.69) is 22.9 Å². The summed E-state index contributed by atoms with van der Waals surface area (Å²) >= 11 is 1.40. The Morgan fingerprint density at radius 2 is 1.54 bits per heavy atom. The molecular formula is C38H41N3O6S. The van der Waals surface area contributed by atoms with Gasteiger partial charge in [-0.3, -0.25) is 14.4 Å². The van der Waals surface area contributed by atoms with Gasteiger partial charge in [0.1, 0.15) is 11.4 Å². The second kappa shape index (κ2) is 18.2. The SMILES string of the molecule is CCCCOc1ccc(NC(=O)C(CC)Sc2cccc(NC(=O)/C(=C\c3ccc(OC)c(OC)c3)NC(=O)c3ccccc3)c2)cc1. The van der Waals surface area contributed by atoms with Crippen molar-refractivity contribution < 1.29 is 28.6 Å². The molecular weight excluding hydrogens is 627 g/mol. The van der Waals surface area contributed by atoms with Crippen LogP contribution in [0.1, 0.15) is 49.0 Å². The van der Waals surface area contributed by atoms with Gasteiger partial charge in [-0.05, 0) is 91.2 Å². The highest BCUT2D eigenvalue weighted by molar-refractivity contribution is 8.00. The van der Waals surface area contributed by atoms with Crippen LogP contribution in [0.25, 0.3) is 6.08 Å². The number of methoxy groups -OCH3 is 2. The quantitative estimate of drug-likeness (QED) is 0.0635. The van der Waals surface area contributed by atoms with Gasteiger partial charge in [0.25, 0.3) is 11.8 Å². The maximum atomic E-state index is 13.6. The fraction of sp³-hybridized carbons (Fsp3) is 0.237. The standard InChI is InChI=1S/C38H41N3O6S/c1-5-7-22-47-30-19-17-28(18-20-30)39-38(44)35(6-2)48-31-15-11-14-29(25-31)40-37(43)32(41-36(42)27-12-9-8-10-13-27)23-26-16-21-33(45-3)34(24-26)46-4/h8-21,23-25,35H,5-7,22H2,1-4H3,(H,39,44)(H,40,43)(H,41,42)/b32-23+. The molecule has 0 aliphatic rings. The van der Waals surface area contributed by atoms with E-state index < -0.39 is 11.8 Å². The summed E-state index contributed by atoms with van der Waals surface area (Å²) in [5.41, 5.74) is 2.25. The fourth-order valence-electron chi connectivity index (χ4n) is 4.58. The van der Waals surface area contributed by atoms with Gasteiger partial charge in [0.2, 0.25) is 5.91 Å². The molecule has 0 aliphatic carbocycles. The van der Waals surface area contributed by atoms with Crippen LogP contribution in [0.3, 0.4) is 0 Å². The zero-order chi connectivity index (χ0) is 34.3. The Hall–Kier alpha value is -5.22. The molecule has 250 valence electrons. The number of carbonyl (C=O) groups is 3. The topological polar surface area (TPSA) is 115 Å². The van der Waals surface area contributed by atoms with Crippen LogP contribution in [0, 0.1) is 0 Å². The van der Waals surface area contributed by atoms with Gasteiger partial charge in [0.05, 0.1) is 26.1 Å². The molecule has 0 saturated carbocycles. The Bertz CT molecular complexity index is 1710. The van der Waals surface area contributed by atoms with Crippen LogP contribution in [-0.4, -0.2) is 43.8 Å². The molecule has 0 fully saturated rings. The van der Waals surface area contributed by atoms with E-state index in [4.69, 9.17) is 14.2 Å². The van der Waals surface area contributed by atoms with Crippen molar-refractivity contribution in [2.24, 2.45) is 0 Å². The lowest BCUT2D eigenvalue weighted by Crippen LogP contribution is -2.30. The average molecular weight is 668 g/mol. The smallest absolute Gasteiger partial charge is 0.272 e. The predicted octanol–water partition coefficient (Wildman–Crippen LogP) is 7.80. The summed E-state index contributed by atoms with van der Waals surface area (Å²) in [4.78, 5) is 40.7. The number of ether oxygens (including phenoxy) is 3. The molecule has 3 amide bonds. The van der Waals surface area contributed by atoms with Crippen LogP contribution < -0.4 is 30.2 Å². The zero-order valence-electron chi connectivity index (χ0n) is 27.6. The van der Waals surface area contributed by atoms with E-state index in [0.29, 0.717) is 47.0 Å². The molecule has 10 heteroatoms. The number of hydrogen-bond acceptors (Lipinski definition) is 7. The van der Waals surface area contributed by atoms with Crippen molar-refractivity contribution >= 4 is 46.9 Å². The second-order valence-corrected chi connectivity index (χ2v) is 12.0. The average Bonchev–Trinajstić information content (AvgIpc) is 3.11. The summed E-state index contributed by atoms with van der Waals surface area (Å²) < 4.78 is 16.5. The van der Waals surface area contributed by atoms with E-state index in [1.54, 1.807) is 66.7 Å². The van der Waals surface area contributed by atoms with E-state index in [1.165, 1.54) is 26.0 Å². The van der Waals surface area contributed by atoms with Crippen molar-refractivity contribution in [2.45, 2.75) is 43.3 Å². The minimum absolute atomic E-state index is 0.0294. The third-order valence-corrected chi connectivity index (χ3v) is 8.53. The molecule has 3 N–H and O–H groups in total. The van der Waals surface area contributed by atoms with Crippen LogP contribution in [0.2, 0.25) is 0 Å². The number of carbonyl (C=O) groups excluding carboxylic acids is 3. The summed E-state index contributed by atoms with van der Waals surface area (Å²) in [5, 5.41) is 8.26. The summed E-state index contributed by atoms with van der Waals surface area (Å²) in [6.45, 7) is 4.73. The third kappa shape index (κ3) is 10.4. The third-order valence-electron chi connectivity index (χ3n) is 7.17. The molecule has 1 unspecified atom stereocenters. The molecule has 0 radical (unpaired) electrons. The number of amides is 3. The lowest BCUT2D eigenvalue weighted by atomic mass is 10.1. The van der Waals surface area contributed by atoms with E-state index in [1.807, 2.05) is 43.3 Å². The van der Waals surface area contributed by atoms with Crippen LogP contribution in [0.5, 0.6) is 17.2 Å². The first-order valence-corrected chi connectivity index (χ1v) is 16.6. The van der Waals surface area contributed by atoms with Crippen LogP contribution in [0.4, 0.5) is 11.4 Å². The number of benzene rings is 4. The number of hydrogen-bond donors (Lipinski definition) is 3. The number of thioether (sulfide) groups is 1. The Labute approximate surface area is 286 Å². The molecule has 4 rings (SSSR count). The van der Waals surface area contributed by atoms with Crippen LogP contribution in [0.15, 0.2) is 108 Å². The summed E-state index contributed by atoms with van der Waals surface area (Å²) in [7, 11) is 3.06. The van der Waals surface area contributed by atoms with E-state index in [-0.39, 0.29) is 16.9 Å². The molecule has 0 heterocycles. The fourth-order valence-corrected chi connectivity index (χ4v) is 5.59. The van der Waals surface area contributed by atoms with Crippen molar-refractivity contribution in [3.8, 4) is 17.2 Å². The first-order valence-electron chi connectivity index (χ1n) is 15.7. The highest BCUT2D eigenvalue weighted by atomic mass is 32.2. The summed E-state index contributed by atoms with van der Waals surface area (Å²) in [5.74, 6) is 0.699. The van der Waals surface area contributed by atoms with Gasteiger partial charge in [-0.25, -0.2) is 0 Å². The largest absolute Gasteiger partial charge is 0.494 e. The number of unbranched alkanes of at least 4 members (excludes halogenated alkanes) is 1. The molecule has 0 aromatic heterocycles. The van der Waals surface area contributed by atoms with Crippen molar-refractivity contribution in [2.75, 3.05) is 31.5 Å². The van der Waals surface area contributed by atoms with Gasteiger partial charge in [-0.1, -0.05) is 50.6 Å². The first-order chi connectivity index (χ1) is 23.3. The normalized spacial score (nSPS) is 11.6. The molecule has 4 aromatic carbocycles. The predicted molar refractivity (Wildman–Crippen MR) is 192 cm³/mol. The van der Waals surface area contributed by atoms with Gasteiger partial charge in [-0.2, -0.15) is 0 Å². The van der Waals surface area contributed by atoms with Gasteiger partial charge in [-0.15, -0.1) is 11.8 Å². The molecule has 0 spiro atoms. The molecule has 1 atom stereocenters. The maximum absolute atomic E-state index is 13.6. The number of nitrogens with one attached hydrogen (secondary N) is 3. The molecule has 48 heavy (non-hydrogen) atoms.